The molecular weight excluding hydrogens is 444 g/mol. The Bertz CT molecular complexity index is 995. The maximum Gasteiger partial charge on any atom is 0.295 e. The van der Waals surface area contributed by atoms with E-state index in [4.69, 9.17) is 11.6 Å². The summed E-state index contributed by atoms with van der Waals surface area (Å²) >= 11 is 6.08. The number of nitrogens with zero attached hydrogens (tertiary/aromatic N) is 3. The first-order chi connectivity index (χ1) is 14.7. The van der Waals surface area contributed by atoms with E-state index in [9.17, 15) is 17.2 Å². The van der Waals surface area contributed by atoms with Crippen molar-refractivity contribution in [3.8, 4) is 0 Å². The molecule has 0 aromatic heterocycles. The summed E-state index contributed by atoms with van der Waals surface area (Å²) in [6.07, 6.45) is -0.899. The molecule has 2 unspecified atom stereocenters. The number of halogens is 3. The van der Waals surface area contributed by atoms with Crippen molar-refractivity contribution in [2.75, 3.05) is 26.2 Å². The van der Waals surface area contributed by atoms with Gasteiger partial charge in [0.15, 0.2) is 0 Å². The quantitative estimate of drug-likeness (QED) is 0.638. The lowest BCUT2D eigenvalue weighted by molar-refractivity contribution is -0.0434. The molecule has 2 heterocycles. The normalized spacial score (nSPS) is 25.7. The van der Waals surface area contributed by atoms with Gasteiger partial charge in [-0.1, -0.05) is 61.0 Å². The highest BCUT2D eigenvalue weighted by atomic mass is 35.5. The van der Waals surface area contributed by atoms with Crippen LogP contribution in [-0.2, 0) is 10.2 Å². The molecule has 2 atom stereocenters. The zero-order valence-corrected chi connectivity index (χ0v) is 18.9. The van der Waals surface area contributed by atoms with Crippen LogP contribution in [0.3, 0.4) is 0 Å². The monoisotopic (exact) mass is 469 g/mol. The second kappa shape index (κ2) is 8.75. The highest BCUT2D eigenvalue weighted by molar-refractivity contribution is 7.86. The van der Waals surface area contributed by atoms with Gasteiger partial charge in [-0.05, 0) is 23.3 Å². The summed E-state index contributed by atoms with van der Waals surface area (Å²) < 4.78 is 56.9. The number of rotatable bonds is 5. The highest BCUT2D eigenvalue weighted by Gasteiger charge is 2.49. The Kier molecular flexibility index (Phi) is 6.38. The van der Waals surface area contributed by atoms with Crippen molar-refractivity contribution in [2.24, 2.45) is 0 Å². The molecule has 2 aromatic carbocycles. The van der Waals surface area contributed by atoms with Gasteiger partial charge in [-0.25, -0.2) is 13.8 Å². The lowest BCUT2D eigenvalue weighted by Crippen LogP contribution is -2.52. The van der Waals surface area contributed by atoms with E-state index in [1.165, 1.54) is 8.72 Å². The third-order valence-electron chi connectivity index (χ3n) is 6.15. The molecule has 0 aliphatic carbocycles. The van der Waals surface area contributed by atoms with Gasteiger partial charge in [0.25, 0.3) is 16.1 Å². The summed E-state index contributed by atoms with van der Waals surface area (Å²) in [5.41, 5.74) is 1.99. The molecule has 0 amide bonds. The van der Waals surface area contributed by atoms with Gasteiger partial charge in [0.05, 0.1) is 6.04 Å². The third-order valence-corrected chi connectivity index (χ3v) is 8.31. The molecule has 2 saturated heterocycles. The van der Waals surface area contributed by atoms with Crippen molar-refractivity contribution < 1.29 is 17.2 Å². The van der Waals surface area contributed by atoms with Crippen LogP contribution in [0, 0.1) is 0 Å². The van der Waals surface area contributed by atoms with Gasteiger partial charge in [0, 0.05) is 50.0 Å². The van der Waals surface area contributed by atoms with Crippen LogP contribution >= 0.6 is 11.6 Å². The molecular formula is C22H26ClF2N3O2S. The first kappa shape index (κ1) is 22.6. The Morgan fingerprint density at radius 2 is 1.61 bits per heavy atom. The Balaban J connectivity index is 1.71. The van der Waals surface area contributed by atoms with Crippen molar-refractivity contribution in [3.63, 3.8) is 0 Å². The van der Waals surface area contributed by atoms with E-state index in [0.717, 1.165) is 11.1 Å². The predicted molar refractivity (Wildman–Crippen MR) is 117 cm³/mol. The van der Waals surface area contributed by atoms with Crippen molar-refractivity contribution in [2.45, 2.75) is 37.6 Å². The van der Waals surface area contributed by atoms with Crippen molar-refractivity contribution in [1.29, 1.82) is 0 Å². The molecule has 9 heteroatoms. The lowest BCUT2D eigenvalue weighted by Gasteiger charge is -2.37. The Morgan fingerprint density at radius 1 is 1.00 bits per heavy atom. The molecule has 0 saturated carbocycles. The Hall–Kier alpha value is -1.58. The molecule has 0 bridgehead atoms. The summed E-state index contributed by atoms with van der Waals surface area (Å²) in [5.74, 6) is -2.91. The van der Waals surface area contributed by atoms with Gasteiger partial charge in [0.2, 0.25) is 0 Å². The molecule has 4 rings (SSSR count). The third kappa shape index (κ3) is 4.50. The van der Waals surface area contributed by atoms with E-state index in [-0.39, 0.29) is 31.6 Å². The second-order valence-electron chi connectivity index (χ2n) is 8.04. The summed E-state index contributed by atoms with van der Waals surface area (Å²) in [7, 11) is -3.93. The zero-order valence-electron chi connectivity index (χ0n) is 17.3. The molecule has 168 valence electrons. The summed E-state index contributed by atoms with van der Waals surface area (Å²) in [4.78, 5) is 0. The van der Waals surface area contributed by atoms with Crippen molar-refractivity contribution in [1.82, 2.24) is 13.7 Å². The summed E-state index contributed by atoms with van der Waals surface area (Å²) in [6.45, 7) is 2.26. The molecule has 0 spiro atoms. The second-order valence-corrected chi connectivity index (χ2v) is 10.3. The fraction of sp³-hybridized carbons (Fsp3) is 0.455. The van der Waals surface area contributed by atoms with E-state index in [1.54, 1.807) is 12.1 Å². The molecule has 2 fully saturated rings. The molecule has 31 heavy (non-hydrogen) atoms. The minimum Gasteiger partial charge on any atom is -0.219 e. The Labute approximate surface area is 187 Å². The standard InChI is InChI=1S/C22H26ClF2N3O2S/c1-2-27-21(18-8-10-19(23)11-9-18)20(17-6-4-3-5-7-17)16-28(27)31(29,30)26-14-12-22(24,25)13-15-26/h3-11,20-21H,2,12-16H2,1H3. The van der Waals surface area contributed by atoms with Crippen LogP contribution in [0.1, 0.15) is 42.9 Å². The Morgan fingerprint density at radius 3 is 2.19 bits per heavy atom. The van der Waals surface area contributed by atoms with Crippen LogP contribution < -0.4 is 0 Å². The summed E-state index contributed by atoms with van der Waals surface area (Å²) in [6, 6.07) is 17.0. The number of benzene rings is 2. The number of alkyl halides is 2. The molecule has 0 radical (unpaired) electrons. The fourth-order valence-corrected chi connectivity index (χ4v) is 6.40. The minimum absolute atomic E-state index is 0.108. The number of hydrogen-bond acceptors (Lipinski definition) is 3. The van der Waals surface area contributed by atoms with Crippen LogP contribution in [-0.4, -0.2) is 54.2 Å². The van der Waals surface area contributed by atoms with Crippen LogP contribution in [0.4, 0.5) is 8.78 Å². The first-order valence-corrected chi connectivity index (χ1v) is 12.2. The van der Waals surface area contributed by atoms with Crippen LogP contribution in [0.2, 0.25) is 5.02 Å². The predicted octanol–water partition coefficient (Wildman–Crippen LogP) is 4.69. The van der Waals surface area contributed by atoms with Gasteiger partial charge in [-0.3, -0.25) is 0 Å². The molecule has 2 aliphatic heterocycles. The number of hydrogen-bond donors (Lipinski definition) is 0. The molecule has 5 nitrogen and oxygen atoms in total. The first-order valence-electron chi connectivity index (χ1n) is 10.5. The van der Waals surface area contributed by atoms with Crippen LogP contribution in [0.25, 0.3) is 0 Å². The van der Waals surface area contributed by atoms with E-state index in [0.29, 0.717) is 11.6 Å². The van der Waals surface area contributed by atoms with Gasteiger partial charge in [-0.15, -0.1) is 4.41 Å². The average molecular weight is 470 g/mol. The number of likely N-dealkylation sites (N-methyl/N-ethyl adjacent to an activating group) is 1. The van der Waals surface area contributed by atoms with E-state index in [1.807, 2.05) is 54.4 Å². The largest absolute Gasteiger partial charge is 0.295 e. The average Bonchev–Trinajstić information content (AvgIpc) is 3.15. The van der Waals surface area contributed by atoms with E-state index in [2.05, 4.69) is 0 Å². The molecule has 2 aliphatic rings. The lowest BCUT2D eigenvalue weighted by atomic mass is 9.88. The number of piperidine rings is 1. The fourth-order valence-electron chi connectivity index (χ4n) is 4.53. The van der Waals surface area contributed by atoms with E-state index < -0.39 is 29.0 Å². The number of hydrazine groups is 1. The minimum atomic E-state index is -3.93. The maximum atomic E-state index is 13.6. The molecule has 2 aromatic rings. The van der Waals surface area contributed by atoms with Gasteiger partial charge >= 0.3 is 0 Å². The van der Waals surface area contributed by atoms with Crippen LogP contribution in [0.5, 0.6) is 0 Å². The van der Waals surface area contributed by atoms with Crippen molar-refractivity contribution >= 4 is 21.8 Å². The molecule has 0 N–H and O–H groups in total. The maximum absolute atomic E-state index is 13.6. The van der Waals surface area contributed by atoms with Gasteiger partial charge in [-0.2, -0.15) is 12.7 Å². The highest BCUT2D eigenvalue weighted by Crippen LogP contribution is 2.45. The SMILES string of the molecule is CCN1C(c2ccc(Cl)cc2)C(c2ccccc2)CN1S(=O)(=O)N1CCC(F)(F)CC1. The summed E-state index contributed by atoms with van der Waals surface area (Å²) in [5, 5.41) is 2.45. The van der Waals surface area contributed by atoms with Crippen LogP contribution in [0.15, 0.2) is 54.6 Å². The smallest absolute Gasteiger partial charge is 0.219 e. The van der Waals surface area contributed by atoms with Gasteiger partial charge < -0.3 is 0 Å². The van der Waals surface area contributed by atoms with Crippen molar-refractivity contribution in [3.05, 3.63) is 70.7 Å². The topological polar surface area (TPSA) is 43.9 Å². The van der Waals surface area contributed by atoms with E-state index >= 15 is 0 Å². The van der Waals surface area contributed by atoms with Gasteiger partial charge in [0.1, 0.15) is 0 Å². The zero-order chi connectivity index (χ0) is 22.2.